The summed E-state index contributed by atoms with van der Waals surface area (Å²) in [6.45, 7) is 7.76. The molecule has 4 rings (SSSR count). The lowest BCUT2D eigenvalue weighted by Gasteiger charge is -2.19. The quantitative estimate of drug-likeness (QED) is 0.484. The number of nitrogens with one attached hydrogen (secondary N) is 1. The Hall–Kier alpha value is -3.43. The molecule has 0 atom stereocenters. The third kappa shape index (κ3) is 4.37. The van der Waals surface area contributed by atoms with Gasteiger partial charge in [-0.1, -0.05) is 44.5 Å². The molecule has 2 aromatic carbocycles. The van der Waals surface area contributed by atoms with Gasteiger partial charge in [-0.15, -0.1) is 0 Å². The van der Waals surface area contributed by atoms with Crippen LogP contribution < -0.4 is 14.4 Å². The van der Waals surface area contributed by atoms with Crippen molar-refractivity contribution in [3.05, 3.63) is 75.9 Å². The number of amides is 2. The van der Waals surface area contributed by atoms with Crippen LogP contribution in [0.2, 0.25) is 5.02 Å². The molecule has 1 aliphatic heterocycles. The minimum atomic E-state index is -4.06. The Morgan fingerprint density at radius 2 is 1.57 bits per heavy atom. The van der Waals surface area contributed by atoms with E-state index in [1.54, 1.807) is 25.1 Å². The molecule has 0 radical (unpaired) electrons. The van der Waals surface area contributed by atoms with E-state index in [1.165, 1.54) is 37.4 Å². The van der Waals surface area contributed by atoms with E-state index >= 15 is 0 Å². The fourth-order valence-electron chi connectivity index (χ4n) is 3.83. The lowest BCUT2D eigenvalue weighted by atomic mass is 9.87. The number of nitrogens with zero attached hydrogens (tertiary/aromatic N) is 2. The molecule has 182 valence electrons. The largest absolute Gasteiger partial charge is 0.495 e. The second-order valence-corrected chi connectivity index (χ2v) is 11.2. The van der Waals surface area contributed by atoms with E-state index in [9.17, 15) is 18.0 Å². The van der Waals surface area contributed by atoms with Gasteiger partial charge in [-0.2, -0.15) is 0 Å². The summed E-state index contributed by atoms with van der Waals surface area (Å²) in [4.78, 5) is 31.7. The number of carbonyl (C=O) groups excluding carboxylic acids is 2. The minimum Gasteiger partial charge on any atom is -0.495 e. The first kappa shape index (κ1) is 24.7. The van der Waals surface area contributed by atoms with Gasteiger partial charge in [-0.25, -0.2) is 18.3 Å². The van der Waals surface area contributed by atoms with Gasteiger partial charge in [0.25, 0.3) is 21.8 Å². The van der Waals surface area contributed by atoms with Gasteiger partial charge in [-0.3, -0.25) is 14.3 Å². The van der Waals surface area contributed by atoms with Crippen molar-refractivity contribution in [3.8, 4) is 5.75 Å². The average molecular weight is 514 g/mol. The molecule has 35 heavy (non-hydrogen) atoms. The van der Waals surface area contributed by atoms with Crippen LogP contribution in [0.5, 0.6) is 5.75 Å². The summed E-state index contributed by atoms with van der Waals surface area (Å²) in [5, 5.41) is 0.0311. The molecular formula is C25H24ClN3O5S. The summed E-state index contributed by atoms with van der Waals surface area (Å²) in [6.07, 6.45) is 0. The zero-order valence-corrected chi connectivity index (χ0v) is 21.4. The van der Waals surface area contributed by atoms with Crippen LogP contribution in [0.4, 0.5) is 11.5 Å². The number of ether oxygens (including phenoxy) is 1. The van der Waals surface area contributed by atoms with Crippen molar-refractivity contribution in [2.24, 2.45) is 0 Å². The van der Waals surface area contributed by atoms with Gasteiger partial charge < -0.3 is 4.74 Å². The monoisotopic (exact) mass is 513 g/mol. The zero-order chi connectivity index (χ0) is 25.7. The van der Waals surface area contributed by atoms with Crippen molar-refractivity contribution in [2.75, 3.05) is 16.7 Å². The molecule has 0 bridgehead atoms. The highest BCUT2D eigenvalue weighted by atomic mass is 35.5. The maximum atomic E-state index is 13.4. The second-order valence-electron chi connectivity index (χ2n) is 9.13. The number of pyridine rings is 1. The molecule has 0 unspecified atom stereocenters. The molecule has 10 heteroatoms. The molecule has 0 saturated heterocycles. The van der Waals surface area contributed by atoms with Crippen molar-refractivity contribution in [1.82, 2.24) is 4.98 Å². The zero-order valence-electron chi connectivity index (χ0n) is 19.8. The summed E-state index contributed by atoms with van der Waals surface area (Å²) in [5.74, 6) is -0.848. The highest BCUT2D eigenvalue weighted by Crippen LogP contribution is 2.38. The van der Waals surface area contributed by atoms with Crippen LogP contribution in [-0.4, -0.2) is 32.3 Å². The van der Waals surface area contributed by atoms with Crippen LogP contribution in [0.3, 0.4) is 0 Å². The van der Waals surface area contributed by atoms with Gasteiger partial charge in [0.15, 0.2) is 0 Å². The first-order valence-corrected chi connectivity index (χ1v) is 12.6. The number of hydrogen-bond donors (Lipinski definition) is 1. The van der Waals surface area contributed by atoms with Gasteiger partial charge in [0, 0.05) is 0 Å². The Labute approximate surface area is 208 Å². The fraction of sp³-hybridized carbons (Fsp3) is 0.240. The predicted molar refractivity (Wildman–Crippen MR) is 134 cm³/mol. The molecule has 0 spiro atoms. The maximum Gasteiger partial charge on any atom is 0.269 e. The number of sulfonamides is 1. The Balaban J connectivity index is 1.73. The van der Waals surface area contributed by atoms with Crippen molar-refractivity contribution >= 4 is 44.9 Å². The summed E-state index contributed by atoms with van der Waals surface area (Å²) in [7, 11) is -2.57. The summed E-state index contributed by atoms with van der Waals surface area (Å²) >= 11 is 6.26. The Kier molecular flexibility index (Phi) is 6.11. The smallest absolute Gasteiger partial charge is 0.269 e. The number of halogens is 1. The number of aromatic nitrogens is 1. The number of rotatable bonds is 5. The van der Waals surface area contributed by atoms with Gasteiger partial charge in [0.05, 0.1) is 39.5 Å². The molecule has 1 aromatic heterocycles. The molecule has 1 aliphatic rings. The number of benzene rings is 2. The van der Waals surface area contributed by atoms with Gasteiger partial charge in [-0.05, 0) is 54.3 Å². The third-order valence-corrected chi connectivity index (χ3v) is 7.43. The van der Waals surface area contributed by atoms with Crippen LogP contribution in [0, 0.1) is 6.92 Å². The highest BCUT2D eigenvalue weighted by molar-refractivity contribution is 7.92. The van der Waals surface area contributed by atoms with Gasteiger partial charge in [0.1, 0.15) is 11.6 Å². The lowest BCUT2D eigenvalue weighted by Crippen LogP contribution is -2.30. The van der Waals surface area contributed by atoms with Gasteiger partial charge in [0.2, 0.25) is 0 Å². The van der Waals surface area contributed by atoms with E-state index in [2.05, 4.69) is 9.71 Å². The standard InChI is InChI=1S/C25H24ClN3O5S/c1-14-19(34-5)12-13-20(27-14)29-23(30)21-17(26)10-11-18(22(21)24(29)31)28-35(32,33)16-8-6-15(7-9-16)25(2,3)4/h6-13,28H,1-5H3. The van der Waals surface area contributed by atoms with E-state index in [-0.39, 0.29) is 38.0 Å². The van der Waals surface area contributed by atoms with Crippen LogP contribution >= 0.6 is 11.6 Å². The third-order valence-electron chi connectivity index (χ3n) is 5.74. The first-order valence-electron chi connectivity index (χ1n) is 10.7. The van der Waals surface area contributed by atoms with E-state index in [0.29, 0.717) is 11.4 Å². The number of carbonyl (C=O) groups is 2. The number of imide groups is 1. The molecule has 2 amide bonds. The molecule has 0 aliphatic carbocycles. The van der Waals surface area contributed by atoms with E-state index in [1.807, 2.05) is 20.8 Å². The molecular weight excluding hydrogens is 490 g/mol. The van der Waals surface area contributed by atoms with Crippen molar-refractivity contribution < 1.29 is 22.7 Å². The topological polar surface area (TPSA) is 106 Å². The Morgan fingerprint density at radius 3 is 2.14 bits per heavy atom. The van der Waals surface area contributed by atoms with E-state index < -0.39 is 21.8 Å². The minimum absolute atomic E-state index is 0.0234. The Bertz CT molecular complexity index is 1460. The van der Waals surface area contributed by atoms with E-state index in [0.717, 1.165) is 10.5 Å². The first-order chi connectivity index (χ1) is 16.3. The van der Waals surface area contributed by atoms with Crippen molar-refractivity contribution in [2.45, 2.75) is 38.0 Å². The van der Waals surface area contributed by atoms with Gasteiger partial charge >= 0.3 is 0 Å². The lowest BCUT2D eigenvalue weighted by molar-refractivity contribution is 0.0925. The molecule has 0 saturated carbocycles. The maximum absolute atomic E-state index is 13.4. The summed E-state index contributed by atoms with van der Waals surface area (Å²) in [5.41, 5.74) is 1.05. The molecule has 1 N–H and O–H groups in total. The molecule has 2 heterocycles. The van der Waals surface area contributed by atoms with Crippen molar-refractivity contribution in [1.29, 1.82) is 0 Å². The number of methoxy groups -OCH3 is 1. The molecule has 0 fully saturated rings. The predicted octanol–water partition coefficient (Wildman–Crippen LogP) is 4.95. The fourth-order valence-corrected chi connectivity index (χ4v) is 5.14. The summed E-state index contributed by atoms with van der Waals surface area (Å²) in [6, 6.07) is 12.3. The molecule has 3 aromatic rings. The Morgan fingerprint density at radius 1 is 0.943 bits per heavy atom. The van der Waals surface area contributed by atoms with E-state index in [4.69, 9.17) is 16.3 Å². The number of hydrogen-bond acceptors (Lipinski definition) is 6. The number of anilines is 2. The highest BCUT2D eigenvalue weighted by Gasteiger charge is 2.42. The number of fused-ring (bicyclic) bond motifs is 1. The average Bonchev–Trinajstić information content (AvgIpc) is 3.06. The second kappa shape index (κ2) is 8.66. The van der Waals surface area contributed by atoms with Crippen LogP contribution in [0.1, 0.15) is 52.7 Å². The molecule has 8 nitrogen and oxygen atoms in total. The number of aryl methyl sites for hydroxylation is 1. The SMILES string of the molecule is COc1ccc(N2C(=O)c3c(Cl)ccc(NS(=O)(=O)c4ccc(C(C)(C)C)cc4)c3C2=O)nc1C. The summed E-state index contributed by atoms with van der Waals surface area (Å²) < 4.78 is 33.9. The van der Waals surface area contributed by atoms with Crippen molar-refractivity contribution in [3.63, 3.8) is 0 Å². The normalized spacial score (nSPS) is 13.7. The van der Waals surface area contributed by atoms with Crippen LogP contribution in [0.25, 0.3) is 0 Å². The van der Waals surface area contributed by atoms with Crippen LogP contribution in [-0.2, 0) is 15.4 Å². The van der Waals surface area contributed by atoms with Crippen LogP contribution in [0.15, 0.2) is 53.4 Å².